The third-order valence-corrected chi connectivity index (χ3v) is 7.99. The summed E-state index contributed by atoms with van der Waals surface area (Å²) < 4.78 is 6.46. The second-order valence-corrected chi connectivity index (χ2v) is 11.6. The number of nitrogens with zero attached hydrogens (tertiary/aromatic N) is 6. The molecule has 2 aromatic heterocycles. The molecule has 10 nitrogen and oxygen atoms in total. The fourth-order valence-corrected chi connectivity index (χ4v) is 6.09. The van der Waals surface area contributed by atoms with Crippen LogP contribution in [-0.4, -0.2) is 76.4 Å². The summed E-state index contributed by atoms with van der Waals surface area (Å²) in [6, 6.07) is 9.07. The third-order valence-electron chi connectivity index (χ3n) is 7.78. The summed E-state index contributed by atoms with van der Waals surface area (Å²) in [4.78, 5) is 30.1. The van der Waals surface area contributed by atoms with Crippen molar-refractivity contribution in [3.05, 3.63) is 51.9 Å². The Kier molecular flexibility index (Phi) is 7.82. The fraction of sp³-hybridized carbons (Fsp3) is 0.483. The number of ether oxygens (including phenoxy) is 1. The molecule has 1 spiro atoms. The van der Waals surface area contributed by atoms with E-state index in [-0.39, 0.29) is 28.5 Å². The Morgan fingerprint density at radius 3 is 2.73 bits per heavy atom. The Labute approximate surface area is 238 Å². The van der Waals surface area contributed by atoms with Gasteiger partial charge in [0.1, 0.15) is 11.2 Å². The van der Waals surface area contributed by atoms with Gasteiger partial charge in [0.2, 0.25) is 0 Å². The molecule has 11 heteroatoms. The summed E-state index contributed by atoms with van der Waals surface area (Å²) in [5.74, 6) is -0.611. The number of morpholine rings is 1. The van der Waals surface area contributed by atoms with E-state index < -0.39 is 5.97 Å². The third kappa shape index (κ3) is 5.55. The van der Waals surface area contributed by atoms with Crippen molar-refractivity contribution in [1.82, 2.24) is 19.9 Å². The maximum absolute atomic E-state index is 11.8. The van der Waals surface area contributed by atoms with Crippen molar-refractivity contribution >= 4 is 40.1 Å². The summed E-state index contributed by atoms with van der Waals surface area (Å²) in [7, 11) is 4.06. The highest BCUT2D eigenvalue weighted by molar-refractivity contribution is 6.29. The molecule has 1 aliphatic carbocycles. The van der Waals surface area contributed by atoms with E-state index in [0.29, 0.717) is 41.4 Å². The molecule has 1 saturated heterocycles. The number of hydrogen-bond acceptors (Lipinski definition) is 9. The zero-order chi connectivity index (χ0) is 28.6. The van der Waals surface area contributed by atoms with Crippen LogP contribution >= 0.6 is 11.6 Å². The topological polar surface area (TPSA) is 127 Å². The van der Waals surface area contributed by atoms with Crippen LogP contribution < -0.4 is 10.2 Å². The molecule has 40 heavy (non-hydrogen) atoms. The maximum Gasteiger partial charge on any atom is 0.356 e. The van der Waals surface area contributed by atoms with E-state index in [4.69, 9.17) is 26.3 Å². The number of carboxylic acid groups (broad SMARTS) is 1. The summed E-state index contributed by atoms with van der Waals surface area (Å²) in [6.45, 7) is 5.87. The number of aromatic nitrogens is 3. The number of aromatic carboxylic acids is 1. The molecule has 3 aromatic rings. The molecule has 2 N–H and O–H groups in total. The molecule has 2 atom stereocenters. The predicted molar refractivity (Wildman–Crippen MR) is 154 cm³/mol. The lowest BCUT2D eigenvalue weighted by molar-refractivity contribution is -0.0682. The number of hydrogen-bond donors (Lipinski definition) is 2. The van der Waals surface area contributed by atoms with E-state index >= 15 is 0 Å². The van der Waals surface area contributed by atoms with Gasteiger partial charge in [-0.05, 0) is 64.5 Å². The minimum atomic E-state index is -1.17. The van der Waals surface area contributed by atoms with Gasteiger partial charge in [-0.3, -0.25) is 0 Å². The van der Waals surface area contributed by atoms with Crippen molar-refractivity contribution in [2.45, 2.75) is 57.2 Å². The first-order valence-electron chi connectivity index (χ1n) is 13.5. The second kappa shape index (κ2) is 11.2. The standard InChI is InChI=1S/C29H34ClN7O3/c1-17-11-20(18(2)32-21-7-8-24(30)34-26(21)28(38)39)25-22(12-17)33-23(13-31)27(35-25)37-16-29(9-5-6-10-29)40-15-19(37)14-36(3)4/h7-8,11-12,18-19,32H,5-6,9-10,14-16H2,1-4H3,(H,38,39)/t18-,19?/m1/s1. The lowest BCUT2D eigenvalue weighted by Crippen LogP contribution is -2.58. The molecule has 1 unspecified atom stereocenters. The first-order valence-corrected chi connectivity index (χ1v) is 13.9. The summed E-state index contributed by atoms with van der Waals surface area (Å²) in [5.41, 5.74) is 3.33. The van der Waals surface area contributed by atoms with E-state index in [1.807, 2.05) is 40.1 Å². The number of rotatable bonds is 7. The first kappa shape index (κ1) is 28.0. The monoisotopic (exact) mass is 563 g/mol. The van der Waals surface area contributed by atoms with Gasteiger partial charge in [0.25, 0.3) is 0 Å². The van der Waals surface area contributed by atoms with E-state index in [0.717, 1.165) is 43.4 Å². The van der Waals surface area contributed by atoms with E-state index in [2.05, 4.69) is 26.2 Å². The summed E-state index contributed by atoms with van der Waals surface area (Å²) in [5, 5.41) is 23.2. The SMILES string of the molecule is Cc1cc([C@@H](C)Nc2ccc(Cl)nc2C(=O)O)c2nc(N3CC4(CCCC4)OCC3CN(C)C)c(C#N)nc2c1. The highest BCUT2D eigenvalue weighted by atomic mass is 35.5. The maximum atomic E-state index is 11.8. The average Bonchev–Trinajstić information content (AvgIpc) is 3.37. The summed E-state index contributed by atoms with van der Waals surface area (Å²) in [6.07, 6.45) is 4.25. The minimum absolute atomic E-state index is 0.0165. The van der Waals surface area contributed by atoms with Gasteiger partial charge in [-0.2, -0.15) is 5.26 Å². The first-order chi connectivity index (χ1) is 19.1. The molecule has 1 aromatic carbocycles. The van der Waals surface area contributed by atoms with Crippen LogP contribution in [-0.2, 0) is 4.74 Å². The van der Waals surface area contributed by atoms with E-state index in [1.165, 1.54) is 0 Å². The van der Waals surface area contributed by atoms with Gasteiger partial charge in [-0.25, -0.2) is 19.7 Å². The highest BCUT2D eigenvalue weighted by Gasteiger charge is 2.44. The Morgan fingerprint density at radius 1 is 1.30 bits per heavy atom. The Morgan fingerprint density at radius 2 is 2.05 bits per heavy atom. The number of benzene rings is 1. The molecule has 2 fully saturated rings. The quantitative estimate of drug-likeness (QED) is 0.386. The highest BCUT2D eigenvalue weighted by Crippen LogP contribution is 2.40. The molecule has 210 valence electrons. The van der Waals surface area contributed by atoms with Crippen molar-refractivity contribution in [3.8, 4) is 6.07 Å². The molecular formula is C29H34ClN7O3. The van der Waals surface area contributed by atoms with Crippen LogP contribution in [0.5, 0.6) is 0 Å². The van der Waals surface area contributed by atoms with Gasteiger partial charge < -0.3 is 25.0 Å². The zero-order valence-corrected chi connectivity index (χ0v) is 24.0. The molecule has 0 radical (unpaired) electrons. The van der Waals surface area contributed by atoms with Crippen LogP contribution in [0.15, 0.2) is 24.3 Å². The van der Waals surface area contributed by atoms with Crippen LogP contribution in [0.3, 0.4) is 0 Å². The molecule has 2 aliphatic rings. The molecule has 5 rings (SSSR count). The molecule has 3 heterocycles. The number of anilines is 2. The number of nitrogens with one attached hydrogen (secondary N) is 1. The lowest BCUT2D eigenvalue weighted by atomic mass is 9.97. The number of halogens is 1. The smallest absolute Gasteiger partial charge is 0.356 e. The molecule has 1 saturated carbocycles. The van der Waals surface area contributed by atoms with Crippen LogP contribution in [0.4, 0.5) is 11.5 Å². The van der Waals surface area contributed by atoms with Crippen LogP contribution in [0.2, 0.25) is 5.15 Å². The van der Waals surface area contributed by atoms with Crippen molar-refractivity contribution in [3.63, 3.8) is 0 Å². The fourth-order valence-electron chi connectivity index (χ4n) is 5.95. The molecule has 0 amide bonds. The van der Waals surface area contributed by atoms with Gasteiger partial charge >= 0.3 is 5.97 Å². The Bertz CT molecular complexity index is 1480. The van der Waals surface area contributed by atoms with Crippen LogP contribution in [0, 0.1) is 18.3 Å². The largest absolute Gasteiger partial charge is 0.476 e. The van der Waals surface area contributed by atoms with Crippen molar-refractivity contribution in [1.29, 1.82) is 5.26 Å². The zero-order valence-electron chi connectivity index (χ0n) is 23.2. The predicted octanol–water partition coefficient (Wildman–Crippen LogP) is 4.81. The van der Waals surface area contributed by atoms with Gasteiger partial charge in [0.05, 0.1) is 41.0 Å². The number of pyridine rings is 1. The van der Waals surface area contributed by atoms with Crippen molar-refractivity contribution in [2.75, 3.05) is 44.0 Å². The Hall–Kier alpha value is -3.52. The number of carboxylic acids is 1. The molecular weight excluding hydrogens is 530 g/mol. The van der Waals surface area contributed by atoms with Gasteiger partial charge in [0, 0.05) is 18.7 Å². The number of carbonyl (C=O) groups is 1. The average molecular weight is 564 g/mol. The Balaban J connectivity index is 1.60. The summed E-state index contributed by atoms with van der Waals surface area (Å²) >= 11 is 5.96. The second-order valence-electron chi connectivity index (χ2n) is 11.2. The molecule has 1 aliphatic heterocycles. The number of nitriles is 1. The lowest BCUT2D eigenvalue weighted by Gasteiger charge is -2.46. The number of aryl methyl sites for hydroxylation is 1. The van der Waals surface area contributed by atoms with Crippen LogP contribution in [0.1, 0.15) is 66.0 Å². The number of likely N-dealkylation sites (N-methyl/N-ethyl adjacent to an activating group) is 1. The van der Waals surface area contributed by atoms with Gasteiger partial charge in [0.15, 0.2) is 17.2 Å². The normalized spacial score (nSPS) is 19.2. The van der Waals surface area contributed by atoms with Crippen LogP contribution in [0.25, 0.3) is 11.0 Å². The number of fused-ring (bicyclic) bond motifs is 1. The minimum Gasteiger partial charge on any atom is -0.476 e. The molecule has 0 bridgehead atoms. The van der Waals surface area contributed by atoms with Gasteiger partial charge in [-0.15, -0.1) is 0 Å². The van der Waals surface area contributed by atoms with Crippen molar-refractivity contribution < 1.29 is 14.6 Å². The van der Waals surface area contributed by atoms with Gasteiger partial charge in [-0.1, -0.05) is 30.5 Å². The van der Waals surface area contributed by atoms with E-state index in [9.17, 15) is 15.2 Å². The van der Waals surface area contributed by atoms with Crippen molar-refractivity contribution in [2.24, 2.45) is 0 Å². The van der Waals surface area contributed by atoms with E-state index in [1.54, 1.807) is 12.1 Å².